The first-order valence-corrected chi connectivity index (χ1v) is 8.15. The van der Waals surface area contributed by atoms with Gasteiger partial charge in [0.25, 0.3) is 0 Å². The van der Waals surface area contributed by atoms with Crippen LogP contribution in [0.15, 0.2) is 21.6 Å². The van der Waals surface area contributed by atoms with Gasteiger partial charge in [0, 0.05) is 23.8 Å². The van der Waals surface area contributed by atoms with Gasteiger partial charge >= 0.3 is 0 Å². The molecule has 0 bridgehead atoms. The van der Waals surface area contributed by atoms with Gasteiger partial charge in [-0.2, -0.15) is 4.31 Å². The van der Waals surface area contributed by atoms with Crippen LogP contribution in [0.1, 0.15) is 20.3 Å². The minimum atomic E-state index is -3.55. The van der Waals surface area contributed by atoms with Gasteiger partial charge in [0.15, 0.2) is 0 Å². The van der Waals surface area contributed by atoms with Gasteiger partial charge in [-0.25, -0.2) is 13.4 Å². The molecule has 0 aliphatic carbocycles. The van der Waals surface area contributed by atoms with Gasteiger partial charge < -0.3 is 0 Å². The van der Waals surface area contributed by atoms with Crippen molar-refractivity contribution in [3.05, 3.63) is 21.9 Å². The first kappa shape index (κ1) is 14.2. The second kappa shape index (κ2) is 4.74. The zero-order valence-electron chi connectivity index (χ0n) is 10.2. The molecular weight excluding hydrogens is 340 g/mol. The van der Waals surface area contributed by atoms with E-state index in [1.807, 2.05) is 0 Å². The minimum absolute atomic E-state index is 0.0129. The van der Waals surface area contributed by atoms with E-state index >= 15 is 0 Å². The quantitative estimate of drug-likeness (QED) is 0.768. The van der Waals surface area contributed by atoms with Gasteiger partial charge in [0.1, 0.15) is 10.0 Å². The van der Waals surface area contributed by atoms with Crippen LogP contribution in [-0.2, 0) is 10.0 Å². The zero-order chi connectivity index (χ0) is 13.6. The second-order valence-corrected chi connectivity index (χ2v) is 8.38. The van der Waals surface area contributed by atoms with Crippen molar-refractivity contribution < 1.29 is 8.42 Å². The first-order valence-electron chi connectivity index (χ1n) is 5.54. The summed E-state index contributed by atoms with van der Waals surface area (Å²) in [5.74, 6) is 0. The molecule has 2 rings (SSSR count). The molecule has 0 N–H and O–H groups in total. The molecule has 2 heterocycles. The van der Waals surface area contributed by atoms with Crippen molar-refractivity contribution in [3.63, 3.8) is 0 Å². The molecule has 0 unspecified atom stereocenters. The molecule has 1 aliphatic rings. The van der Waals surface area contributed by atoms with Crippen molar-refractivity contribution >= 4 is 37.6 Å². The molecule has 0 aromatic carbocycles. The SMILES string of the molecule is CC1(C)CCN(S(=O)(=O)c2cc(Br)cnc2Cl)C1. The molecule has 1 aromatic rings. The third kappa shape index (κ3) is 2.71. The Morgan fingerprint density at radius 3 is 2.72 bits per heavy atom. The summed E-state index contributed by atoms with van der Waals surface area (Å²) in [5.41, 5.74) is 0.0129. The summed E-state index contributed by atoms with van der Waals surface area (Å²) < 4.78 is 27.0. The smallest absolute Gasteiger partial charge is 0.242 e. The molecule has 1 fully saturated rings. The lowest BCUT2D eigenvalue weighted by Crippen LogP contribution is -2.30. The number of sulfonamides is 1. The Bertz CT molecular complexity index is 574. The fraction of sp³-hybridized carbons (Fsp3) is 0.545. The standard InChI is InChI=1S/C11H14BrClN2O2S/c1-11(2)3-4-15(7-11)18(16,17)9-5-8(12)6-14-10(9)13/h5-6H,3-4,7H2,1-2H3. The summed E-state index contributed by atoms with van der Waals surface area (Å²) in [7, 11) is -3.55. The predicted molar refractivity (Wildman–Crippen MR) is 74.1 cm³/mol. The van der Waals surface area contributed by atoms with Crippen LogP contribution in [0.25, 0.3) is 0 Å². The van der Waals surface area contributed by atoms with Crippen molar-refractivity contribution in [1.82, 2.24) is 9.29 Å². The number of nitrogens with zero attached hydrogens (tertiary/aromatic N) is 2. The zero-order valence-corrected chi connectivity index (χ0v) is 13.3. The molecule has 1 aliphatic heterocycles. The lowest BCUT2D eigenvalue weighted by atomic mass is 9.93. The third-order valence-corrected chi connectivity index (χ3v) is 5.74. The van der Waals surface area contributed by atoms with Gasteiger partial charge in [-0.05, 0) is 33.8 Å². The Hall–Kier alpha value is -0.170. The molecule has 100 valence electrons. The summed E-state index contributed by atoms with van der Waals surface area (Å²) in [6, 6.07) is 1.50. The molecular formula is C11H14BrClN2O2S. The highest BCUT2D eigenvalue weighted by atomic mass is 79.9. The lowest BCUT2D eigenvalue weighted by Gasteiger charge is -2.20. The van der Waals surface area contributed by atoms with Crippen molar-refractivity contribution in [2.24, 2.45) is 5.41 Å². The van der Waals surface area contributed by atoms with E-state index in [1.165, 1.54) is 16.6 Å². The van der Waals surface area contributed by atoms with Crippen LogP contribution in [0, 0.1) is 5.41 Å². The van der Waals surface area contributed by atoms with Crippen LogP contribution in [0.3, 0.4) is 0 Å². The van der Waals surface area contributed by atoms with Crippen LogP contribution in [0.5, 0.6) is 0 Å². The molecule has 18 heavy (non-hydrogen) atoms. The van der Waals surface area contributed by atoms with Crippen molar-refractivity contribution in [3.8, 4) is 0 Å². The number of halogens is 2. The fourth-order valence-corrected chi connectivity index (χ4v) is 4.54. The van der Waals surface area contributed by atoms with E-state index in [2.05, 4.69) is 34.8 Å². The topological polar surface area (TPSA) is 50.3 Å². The Labute approximate surface area is 121 Å². The first-order chi connectivity index (χ1) is 8.22. The third-order valence-electron chi connectivity index (χ3n) is 3.03. The van der Waals surface area contributed by atoms with E-state index in [0.717, 1.165) is 6.42 Å². The number of aromatic nitrogens is 1. The highest BCUT2D eigenvalue weighted by Crippen LogP contribution is 2.34. The highest BCUT2D eigenvalue weighted by molar-refractivity contribution is 9.10. The van der Waals surface area contributed by atoms with Crippen molar-refractivity contribution in [1.29, 1.82) is 0 Å². The molecule has 4 nitrogen and oxygen atoms in total. The van der Waals surface area contributed by atoms with E-state index in [4.69, 9.17) is 11.6 Å². The molecule has 0 spiro atoms. The van der Waals surface area contributed by atoms with Gasteiger partial charge in [-0.15, -0.1) is 0 Å². The molecule has 7 heteroatoms. The number of hydrogen-bond donors (Lipinski definition) is 0. The summed E-state index contributed by atoms with van der Waals surface area (Å²) in [6.07, 6.45) is 2.33. The number of rotatable bonds is 2. The molecule has 0 amide bonds. The molecule has 1 aromatic heterocycles. The van der Waals surface area contributed by atoms with Crippen LogP contribution in [0.4, 0.5) is 0 Å². The van der Waals surface area contributed by atoms with E-state index < -0.39 is 10.0 Å². The largest absolute Gasteiger partial charge is 0.246 e. The molecule has 0 saturated carbocycles. The number of hydrogen-bond acceptors (Lipinski definition) is 3. The Kier molecular flexibility index (Phi) is 3.75. The lowest BCUT2D eigenvalue weighted by molar-refractivity contribution is 0.375. The van der Waals surface area contributed by atoms with Crippen LogP contribution in [-0.4, -0.2) is 30.8 Å². The van der Waals surface area contributed by atoms with Crippen molar-refractivity contribution in [2.75, 3.05) is 13.1 Å². The van der Waals surface area contributed by atoms with Crippen LogP contribution in [0.2, 0.25) is 5.15 Å². The average molecular weight is 354 g/mol. The minimum Gasteiger partial charge on any atom is -0.242 e. The van der Waals surface area contributed by atoms with Crippen molar-refractivity contribution in [2.45, 2.75) is 25.2 Å². The van der Waals surface area contributed by atoms with E-state index in [-0.39, 0.29) is 15.5 Å². The molecule has 1 saturated heterocycles. The fourth-order valence-electron chi connectivity index (χ4n) is 1.99. The summed E-state index contributed by atoms with van der Waals surface area (Å²) in [6.45, 7) is 5.16. The molecule has 0 atom stereocenters. The van der Waals surface area contributed by atoms with E-state index in [0.29, 0.717) is 17.6 Å². The Balaban J connectivity index is 2.40. The monoisotopic (exact) mass is 352 g/mol. The normalized spacial score (nSPS) is 20.2. The van der Waals surface area contributed by atoms with E-state index in [1.54, 1.807) is 0 Å². The van der Waals surface area contributed by atoms with E-state index in [9.17, 15) is 8.42 Å². The van der Waals surface area contributed by atoms with Gasteiger partial charge in [0.05, 0.1) is 0 Å². The number of pyridine rings is 1. The summed E-state index contributed by atoms with van der Waals surface area (Å²) in [5, 5.41) is 0.0166. The second-order valence-electron chi connectivity index (χ2n) is 5.20. The maximum atomic E-state index is 12.5. The Morgan fingerprint density at radius 2 is 2.17 bits per heavy atom. The maximum absolute atomic E-state index is 12.5. The Morgan fingerprint density at radius 1 is 1.50 bits per heavy atom. The highest BCUT2D eigenvalue weighted by Gasteiger charge is 2.37. The average Bonchev–Trinajstić information content (AvgIpc) is 2.63. The van der Waals surface area contributed by atoms with Crippen LogP contribution >= 0.6 is 27.5 Å². The summed E-state index contributed by atoms with van der Waals surface area (Å²) >= 11 is 9.11. The molecule has 0 radical (unpaired) electrons. The summed E-state index contributed by atoms with van der Waals surface area (Å²) in [4.78, 5) is 3.93. The van der Waals surface area contributed by atoms with Gasteiger partial charge in [0.2, 0.25) is 10.0 Å². The maximum Gasteiger partial charge on any atom is 0.246 e. The van der Waals surface area contributed by atoms with Crippen LogP contribution < -0.4 is 0 Å². The van der Waals surface area contributed by atoms with Gasteiger partial charge in [-0.3, -0.25) is 0 Å². The predicted octanol–water partition coefficient (Wildman–Crippen LogP) is 2.92. The van der Waals surface area contributed by atoms with Gasteiger partial charge in [-0.1, -0.05) is 25.4 Å².